The van der Waals surface area contributed by atoms with E-state index in [9.17, 15) is 19.5 Å². The van der Waals surface area contributed by atoms with Gasteiger partial charge in [-0.3, -0.25) is 4.79 Å². The van der Waals surface area contributed by atoms with Crippen molar-refractivity contribution in [3.8, 4) is 23.0 Å². The van der Waals surface area contributed by atoms with Gasteiger partial charge in [0, 0.05) is 6.08 Å². The number of hydrogen-bond acceptors (Lipinski definition) is 10. The van der Waals surface area contributed by atoms with Crippen molar-refractivity contribution in [2.45, 2.75) is 39.8 Å². The molecule has 0 spiro atoms. The van der Waals surface area contributed by atoms with Crippen LogP contribution in [0.1, 0.15) is 38.8 Å². The van der Waals surface area contributed by atoms with Crippen LogP contribution in [-0.4, -0.2) is 49.1 Å². The fourth-order valence-electron chi connectivity index (χ4n) is 3.24. The fraction of sp³-hybridized carbons (Fsp3) is 0.323. The number of carbonyl (C=O) groups excluding carboxylic acids is 3. The number of ether oxygens (including phenoxy) is 4. The second-order valence-electron chi connectivity index (χ2n) is 9.84. The maximum absolute atomic E-state index is 12.3. The molecule has 0 heterocycles. The molecule has 0 aliphatic rings. The van der Waals surface area contributed by atoms with Crippen LogP contribution in [0, 0.1) is 11.8 Å². The van der Waals surface area contributed by atoms with Crippen LogP contribution in [-0.2, 0) is 14.4 Å². The molecule has 2 aromatic carbocycles. The lowest BCUT2D eigenvalue weighted by Crippen LogP contribution is -2.38. The Morgan fingerprint density at radius 3 is 1.51 bits per heavy atom. The van der Waals surface area contributed by atoms with E-state index in [1.807, 2.05) is 27.7 Å². The number of hydrogen-bond donors (Lipinski definition) is 3. The SMILES string of the molecule is COc1cc(/C=C/C(=O)C=C(O)/C=C/c2ccc(OC(=O)C(N)C(C)C)c(OC)c2)ccc1OC(=O)C(N)C(C)C. The van der Waals surface area contributed by atoms with Crippen molar-refractivity contribution < 1.29 is 38.4 Å². The van der Waals surface area contributed by atoms with Crippen molar-refractivity contribution in [2.24, 2.45) is 23.3 Å². The van der Waals surface area contributed by atoms with Crippen LogP contribution in [0.3, 0.4) is 0 Å². The second-order valence-corrected chi connectivity index (χ2v) is 9.84. The highest BCUT2D eigenvalue weighted by Crippen LogP contribution is 2.30. The van der Waals surface area contributed by atoms with E-state index in [0.717, 1.165) is 6.08 Å². The van der Waals surface area contributed by atoms with Gasteiger partial charge in [-0.15, -0.1) is 0 Å². The van der Waals surface area contributed by atoms with Gasteiger partial charge < -0.3 is 35.5 Å². The third kappa shape index (κ3) is 9.93. The summed E-state index contributed by atoms with van der Waals surface area (Å²) in [4.78, 5) is 36.7. The summed E-state index contributed by atoms with van der Waals surface area (Å²) < 4.78 is 21.3. The molecule has 5 N–H and O–H groups in total. The molecule has 0 aromatic heterocycles. The van der Waals surface area contributed by atoms with Gasteiger partial charge in [0.15, 0.2) is 28.8 Å². The van der Waals surface area contributed by atoms with Gasteiger partial charge in [0.05, 0.1) is 14.2 Å². The highest BCUT2D eigenvalue weighted by atomic mass is 16.6. The first-order chi connectivity index (χ1) is 19.4. The zero-order chi connectivity index (χ0) is 30.7. The number of benzene rings is 2. The van der Waals surface area contributed by atoms with Gasteiger partial charge in [0.1, 0.15) is 17.8 Å². The average molecular weight is 567 g/mol. The molecule has 2 rings (SSSR count). The maximum atomic E-state index is 12.3. The van der Waals surface area contributed by atoms with Gasteiger partial charge in [-0.25, -0.2) is 9.59 Å². The standard InChI is InChI=1S/C31H38N2O8/c1-18(2)28(32)30(36)40-24-13-9-20(15-26(24)38-5)7-11-22(34)17-23(35)12-8-21-10-14-25(27(16-21)39-6)41-31(37)29(33)19(3)4/h7-19,28-29,34H,32-33H2,1-6H3/b11-7+,12-8+,22-17?. The monoisotopic (exact) mass is 566 g/mol. The van der Waals surface area contributed by atoms with Crippen molar-refractivity contribution in [3.63, 3.8) is 0 Å². The Balaban J connectivity index is 2.07. The predicted octanol–water partition coefficient (Wildman–Crippen LogP) is 4.22. The number of ketones is 1. The van der Waals surface area contributed by atoms with E-state index in [0.29, 0.717) is 22.6 Å². The van der Waals surface area contributed by atoms with E-state index < -0.39 is 29.8 Å². The maximum Gasteiger partial charge on any atom is 0.328 e. The first-order valence-electron chi connectivity index (χ1n) is 13.0. The predicted molar refractivity (Wildman–Crippen MR) is 157 cm³/mol. The fourth-order valence-corrected chi connectivity index (χ4v) is 3.24. The lowest BCUT2D eigenvalue weighted by Gasteiger charge is -2.16. The molecule has 0 fully saturated rings. The van der Waals surface area contributed by atoms with E-state index in [2.05, 4.69) is 0 Å². The van der Waals surface area contributed by atoms with Crippen LogP contribution in [0.2, 0.25) is 0 Å². The lowest BCUT2D eigenvalue weighted by atomic mass is 10.1. The van der Waals surface area contributed by atoms with Crippen LogP contribution in [0.15, 0.2) is 60.4 Å². The van der Waals surface area contributed by atoms with Crippen molar-refractivity contribution in [3.05, 3.63) is 71.5 Å². The minimum Gasteiger partial charge on any atom is -0.508 e. The van der Waals surface area contributed by atoms with Crippen molar-refractivity contribution >= 4 is 29.9 Å². The van der Waals surface area contributed by atoms with Gasteiger partial charge in [-0.1, -0.05) is 52.0 Å². The lowest BCUT2D eigenvalue weighted by molar-refractivity contribution is -0.137. The Hall–Kier alpha value is -4.41. The first kappa shape index (κ1) is 32.8. The molecular weight excluding hydrogens is 528 g/mol. The molecule has 0 aliphatic heterocycles. The molecule has 41 heavy (non-hydrogen) atoms. The number of esters is 2. The van der Waals surface area contributed by atoms with Gasteiger partial charge in [0.2, 0.25) is 0 Å². The largest absolute Gasteiger partial charge is 0.508 e. The average Bonchev–Trinajstić information content (AvgIpc) is 2.94. The van der Waals surface area contributed by atoms with Crippen molar-refractivity contribution in [1.82, 2.24) is 0 Å². The van der Waals surface area contributed by atoms with Crippen LogP contribution >= 0.6 is 0 Å². The Morgan fingerprint density at radius 2 is 1.12 bits per heavy atom. The molecule has 220 valence electrons. The number of aliphatic hydroxyl groups is 1. The zero-order valence-corrected chi connectivity index (χ0v) is 24.1. The number of carbonyl (C=O) groups is 3. The molecule has 0 aliphatic carbocycles. The topological polar surface area (TPSA) is 160 Å². The molecule has 10 heteroatoms. The highest BCUT2D eigenvalue weighted by Gasteiger charge is 2.22. The van der Waals surface area contributed by atoms with Crippen LogP contribution in [0.5, 0.6) is 23.0 Å². The quantitative estimate of drug-likeness (QED) is 0.105. The van der Waals surface area contributed by atoms with E-state index >= 15 is 0 Å². The summed E-state index contributed by atoms with van der Waals surface area (Å²) in [6, 6.07) is 8.06. The second kappa shape index (κ2) is 15.4. The molecule has 0 amide bonds. The summed E-state index contributed by atoms with van der Waals surface area (Å²) in [7, 11) is 2.86. The minimum absolute atomic E-state index is 0.0858. The van der Waals surface area contributed by atoms with Gasteiger partial charge in [-0.2, -0.15) is 0 Å². The number of nitrogens with two attached hydrogens (primary N) is 2. The zero-order valence-electron chi connectivity index (χ0n) is 24.1. The molecule has 2 unspecified atom stereocenters. The molecule has 10 nitrogen and oxygen atoms in total. The summed E-state index contributed by atoms with van der Waals surface area (Å²) >= 11 is 0. The third-order valence-corrected chi connectivity index (χ3v) is 5.95. The van der Waals surface area contributed by atoms with Crippen molar-refractivity contribution in [2.75, 3.05) is 14.2 Å². The molecule has 0 radical (unpaired) electrons. The van der Waals surface area contributed by atoms with E-state index in [1.165, 1.54) is 32.4 Å². The van der Waals surface area contributed by atoms with E-state index in [4.69, 9.17) is 30.4 Å². The molecule has 0 bridgehead atoms. The molecule has 2 aromatic rings. The molecule has 0 saturated carbocycles. The smallest absolute Gasteiger partial charge is 0.328 e. The number of methoxy groups -OCH3 is 2. The number of aliphatic hydroxyl groups excluding tert-OH is 1. The number of allylic oxidation sites excluding steroid dienone is 3. The van der Waals surface area contributed by atoms with E-state index in [-0.39, 0.29) is 29.1 Å². The molecule has 0 saturated heterocycles. The van der Waals surface area contributed by atoms with Gasteiger partial charge in [0.25, 0.3) is 0 Å². The molecule has 2 atom stereocenters. The highest BCUT2D eigenvalue weighted by molar-refractivity contribution is 6.02. The summed E-state index contributed by atoms with van der Waals surface area (Å²) in [6.45, 7) is 7.27. The van der Waals surface area contributed by atoms with Crippen molar-refractivity contribution in [1.29, 1.82) is 0 Å². The minimum atomic E-state index is -0.773. The number of rotatable bonds is 13. The summed E-state index contributed by atoms with van der Waals surface area (Å²) in [5.74, 6) is -1.04. The summed E-state index contributed by atoms with van der Waals surface area (Å²) in [5.41, 5.74) is 12.9. The Morgan fingerprint density at radius 1 is 0.707 bits per heavy atom. The van der Waals surface area contributed by atoms with E-state index in [1.54, 1.807) is 42.5 Å². The Labute approximate surface area is 240 Å². The molecular formula is C31H38N2O8. The van der Waals surface area contributed by atoms with Crippen LogP contribution in [0.25, 0.3) is 12.2 Å². The Bertz CT molecular complexity index is 1330. The van der Waals surface area contributed by atoms with Crippen LogP contribution in [0.4, 0.5) is 0 Å². The summed E-state index contributed by atoms with van der Waals surface area (Å²) in [6.07, 6.45) is 6.75. The summed E-state index contributed by atoms with van der Waals surface area (Å²) in [5, 5.41) is 10.2. The third-order valence-electron chi connectivity index (χ3n) is 5.95. The van der Waals surface area contributed by atoms with Gasteiger partial charge >= 0.3 is 11.9 Å². The first-order valence-corrected chi connectivity index (χ1v) is 13.0. The Kier molecular flexibility index (Phi) is 12.3. The normalized spacial score (nSPS) is 13.5. The van der Waals surface area contributed by atoms with Crippen LogP contribution < -0.4 is 30.4 Å². The van der Waals surface area contributed by atoms with Gasteiger partial charge in [-0.05, 0) is 59.4 Å².